The standard InChI is InChI=1S/C59H41N3.C5H8.C2H6.C2H4.CH4S/c1-59(2)54-20-12-11-19-50(54)51-27-25-45(34-55(51)59)44-26-28-56-52(33-44)53-32-42-17-9-10-18-43(42)35-57(53)62(56)58-60-36-49(37-61-58)48-30-46(39-15-7-4-8-16-39)29-47(31-48)41-23-21-40(22-24-41)38-13-5-3-6-14-38;1-3-5-4-2;3*1-2/h3-37H,1-2H3;3-5H,1H2,2H3;1-2H3;1-2H2;2H,1H3/b;5-4-;;;. The summed E-state index contributed by atoms with van der Waals surface area (Å²) in [5.74, 6) is 0.643. The van der Waals surface area contributed by atoms with Crippen molar-refractivity contribution < 1.29 is 0 Å². The molecule has 73 heavy (non-hydrogen) atoms. The summed E-state index contributed by atoms with van der Waals surface area (Å²) in [6.45, 7) is 20.1. The lowest BCUT2D eigenvalue weighted by Gasteiger charge is -2.22. The molecule has 0 atom stereocenters. The second-order valence-electron chi connectivity index (χ2n) is 17.9. The molecule has 2 heterocycles. The second-order valence-corrected chi connectivity index (χ2v) is 17.9. The van der Waals surface area contributed by atoms with E-state index in [1.165, 1.54) is 71.6 Å². The first-order valence-corrected chi connectivity index (χ1v) is 25.9. The summed E-state index contributed by atoms with van der Waals surface area (Å²) in [4.78, 5) is 10.3. The molecule has 11 aromatic rings. The third-order valence-corrected chi connectivity index (χ3v) is 13.4. The molecule has 360 valence electrons. The Hall–Kier alpha value is -8.31. The summed E-state index contributed by atoms with van der Waals surface area (Å²) >= 11 is 3.53. The molecule has 0 amide bonds. The van der Waals surface area contributed by atoms with Crippen molar-refractivity contribution in [2.75, 3.05) is 6.26 Å². The van der Waals surface area contributed by atoms with Gasteiger partial charge in [0.1, 0.15) is 0 Å². The first-order chi connectivity index (χ1) is 35.9. The Morgan fingerprint density at radius 1 is 0.438 bits per heavy atom. The lowest BCUT2D eigenvalue weighted by atomic mass is 9.81. The van der Waals surface area contributed by atoms with Gasteiger partial charge in [-0.3, -0.25) is 4.57 Å². The molecule has 0 aliphatic heterocycles. The molecule has 2 aromatic heterocycles. The van der Waals surface area contributed by atoms with Gasteiger partial charge < -0.3 is 0 Å². The van der Waals surface area contributed by atoms with Crippen molar-refractivity contribution in [1.82, 2.24) is 14.5 Å². The van der Waals surface area contributed by atoms with E-state index < -0.39 is 0 Å². The molecule has 12 rings (SSSR count). The molecular weight excluding hydrogens is 903 g/mol. The molecule has 1 aliphatic carbocycles. The van der Waals surface area contributed by atoms with Crippen LogP contribution in [-0.2, 0) is 5.41 Å². The maximum atomic E-state index is 5.14. The maximum Gasteiger partial charge on any atom is 0.234 e. The maximum absolute atomic E-state index is 5.14. The van der Waals surface area contributed by atoms with Crippen molar-refractivity contribution in [3.63, 3.8) is 0 Å². The summed E-state index contributed by atoms with van der Waals surface area (Å²) in [5, 5.41) is 4.75. The van der Waals surface area contributed by atoms with Crippen LogP contribution >= 0.6 is 12.6 Å². The lowest BCUT2D eigenvalue weighted by Crippen LogP contribution is -2.14. The summed E-state index contributed by atoms with van der Waals surface area (Å²) in [5.41, 5.74) is 19.0. The summed E-state index contributed by atoms with van der Waals surface area (Å²) in [6.07, 6.45) is 11.2. The van der Waals surface area contributed by atoms with Gasteiger partial charge in [0, 0.05) is 34.1 Å². The molecule has 0 radical (unpaired) electrons. The van der Waals surface area contributed by atoms with Gasteiger partial charge in [0.25, 0.3) is 0 Å². The Labute approximate surface area is 438 Å². The van der Waals surface area contributed by atoms with E-state index in [1.54, 1.807) is 12.3 Å². The van der Waals surface area contributed by atoms with E-state index in [0.29, 0.717) is 5.95 Å². The summed E-state index contributed by atoms with van der Waals surface area (Å²) in [6, 6.07) is 72.7. The summed E-state index contributed by atoms with van der Waals surface area (Å²) < 4.78 is 2.23. The Kier molecular flexibility index (Phi) is 16.3. The van der Waals surface area contributed by atoms with E-state index in [-0.39, 0.29) is 5.41 Å². The Bertz CT molecular complexity index is 3680. The van der Waals surface area contributed by atoms with Gasteiger partial charge in [-0.15, -0.1) is 13.2 Å². The predicted molar refractivity (Wildman–Crippen MR) is 321 cm³/mol. The van der Waals surface area contributed by atoms with Crippen LogP contribution in [0.15, 0.2) is 251 Å². The minimum Gasteiger partial charge on any atom is -0.278 e. The van der Waals surface area contributed by atoms with Gasteiger partial charge in [-0.25, -0.2) is 9.97 Å². The number of rotatable bonds is 7. The molecule has 0 unspecified atom stereocenters. The van der Waals surface area contributed by atoms with Crippen LogP contribution in [0.25, 0.3) is 105 Å². The number of hydrogen-bond donors (Lipinski definition) is 1. The Morgan fingerprint density at radius 2 is 0.890 bits per heavy atom. The van der Waals surface area contributed by atoms with E-state index >= 15 is 0 Å². The summed E-state index contributed by atoms with van der Waals surface area (Å²) in [7, 11) is 0. The van der Waals surface area contributed by atoms with Gasteiger partial charge in [0.15, 0.2) is 0 Å². The molecule has 0 fully saturated rings. The van der Waals surface area contributed by atoms with Crippen molar-refractivity contribution in [2.24, 2.45) is 0 Å². The SMILES string of the molecule is C=C.C=C/C=C\C.CC.CC1(C)c2ccccc2-c2ccc(-c3ccc4c(c3)c3cc5ccccc5cc3n4-c3ncc(-c4cc(-c5ccccc5)cc(-c5ccc(-c6ccccc6)cc5)c4)cn3)cc21.CS. The number of thiol groups is 1. The molecule has 4 heteroatoms. The van der Waals surface area contributed by atoms with Crippen molar-refractivity contribution in [1.29, 1.82) is 0 Å². The second kappa shape index (κ2) is 23.3. The van der Waals surface area contributed by atoms with Crippen LogP contribution in [0.5, 0.6) is 0 Å². The molecule has 0 N–H and O–H groups in total. The molecular formula is C69H63N3S. The zero-order chi connectivity index (χ0) is 51.5. The number of aromatic nitrogens is 3. The van der Waals surface area contributed by atoms with Gasteiger partial charge in [-0.2, -0.15) is 12.6 Å². The normalized spacial score (nSPS) is 11.7. The molecule has 0 spiro atoms. The molecule has 0 saturated carbocycles. The lowest BCUT2D eigenvalue weighted by molar-refractivity contribution is 0.660. The zero-order valence-electron chi connectivity index (χ0n) is 42.8. The fourth-order valence-electron chi connectivity index (χ4n) is 9.95. The van der Waals surface area contributed by atoms with E-state index in [0.717, 1.165) is 38.9 Å². The first-order valence-electron chi connectivity index (χ1n) is 25.0. The highest BCUT2D eigenvalue weighted by Gasteiger charge is 2.35. The van der Waals surface area contributed by atoms with Crippen LogP contribution in [0.2, 0.25) is 0 Å². The quantitative estimate of drug-likeness (QED) is 0.0980. The van der Waals surface area contributed by atoms with Gasteiger partial charge in [0.05, 0.1) is 11.0 Å². The number of fused-ring (bicyclic) bond motifs is 7. The minimum atomic E-state index is -0.0664. The fraction of sp³-hybridized carbons (Fsp3) is 0.101. The molecule has 0 saturated heterocycles. The number of allylic oxidation sites excluding steroid dienone is 3. The van der Waals surface area contributed by atoms with Gasteiger partial charge in [-0.05, 0) is 145 Å². The van der Waals surface area contributed by atoms with Crippen molar-refractivity contribution in [3.05, 3.63) is 262 Å². The van der Waals surface area contributed by atoms with E-state index in [9.17, 15) is 0 Å². The average molecular weight is 966 g/mol. The molecule has 3 nitrogen and oxygen atoms in total. The molecule has 9 aromatic carbocycles. The highest BCUT2D eigenvalue weighted by molar-refractivity contribution is 7.79. The number of hydrogen-bond acceptors (Lipinski definition) is 3. The van der Waals surface area contributed by atoms with Gasteiger partial charge in [-0.1, -0.05) is 204 Å². The average Bonchev–Trinajstić information content (AvgIpc) is 3.90. The molecule has 0 bridgehead atoms. The van der Waals surface area contributed by atoms with Gasteiger partial charge in [0.2, 0.25) is 5.95 Å². The minimum absolute atomic E-state index is 0.0664. The third kappa shape index (κ3) is 10.3. The van der Waals surface area contributed by atoms with Crippen LogP contribution in [0, 0.1) is 0 Å². The highest BCUT2D eigenvalue weighted by atomic mass is 32.1. The monoisotopic (exact) mass is 965 g/mol. The van der Waals surface area contributed by atoms with Crippen molar-refractivity contribution in [2.45, 2.75) is 40.0 Å². The predicted octanol–water partition coefficient (Wildman–Crippen LogP) is 19.5. The number of benzene rings is 9. The van der Waals surface area contributed by atoms with Crippen molar-refractivity contribution in [3.8, 4) is 72.7 Å². The Morgan fingerprint density at radius 3 is 1.48 bits per heavy atom. The van der Waals surface area contributed by atoms with Crippen molar-refractivity contribution >= 4 is 45.2 Å². The van der Waals surface area contributed by atoms with E-state index in [4.69, 9.17) is 9.97 Å². The van der Waals surface area contributed by atoms with Crippen LogP contribution in [-0.4, -0.2) is 20.8 Å². The fourth-order valence-corrected chi connectivity index (χ4v) is 9.95. The zero-order valence-corrected chi connectivity index (χ0v) is 43.7. The topological polar surface area (TPSA) is 30.7 Å². The number of nitrogens with zero attached hydrogens (tertiary/aromatic N) is 3. The first kappa shape index (κ1) is 51.1. The Balaban J connectivity index is 0.000000599. The van der Waals surface area contributed by atoms with Crippen LogP contribution in [0.4, 0.5) is 0 Å². The van der Waals surface area contributed by atoms with E-state index in [1.807, 2.05) is 45.3 Å². The van der Waals surface area contributed by atoms with E-state index in [2.05, 4.69) is 251 Å². The van der Waals surface area contributed by atoms with Crippen LogP contribution in [0.3, 0.4) is 0 Å². The van der Waals surface area contributed by atoms with Crippen LogP contribution in [0.1, 0.15) is 45.7 Å². The van der Waals surface area contributed by atoms with Gasteiger partial charge >= 0.3 is 0 Å². The smallest absolute Gasteiger partial charge is 0.234 e. The highest BCUT2D eigenvalue weighted by Crippen LogP contribution is 2.50. The molecule has 1 aliphatic rings. The third-order valence-electron chi connectivity index (χ3n) is 13.4. The largest absolute Gasteiger partial charge is 0.278 e. The van der Waals surface area contributed by atoms with Crippen LogP contribution < -0.4 is 0 Å².